The summed E-state index contributed by atoms with van der Waals surface area (Å²) < 4.78 is 0. The highest BCUT2D eigenvalue weighted by atomic mass is 15.1. The summed E-state index contributed by atoms with van der Waals surface area (Å²) in [5.41, 5.74) is 1.81. The summed E-state index contributed by atoms with van der Waals surface area (Å²) in [5, 5.41) is 7.14. The van der Waals surface area contributed by atoms with E-state index >= 15 is 0 Å². The molecule has 0 amide bonds. The average molecular weight is 261 g/mol. The van der Waals surface area contributed by atoms with E-state index in [1.807, 2.05) is 0 Å². The molecule has 3 nitrogen and oxygen atoms in total. The molecule has 2 rings (SSSR count). The molecule has 0 spiro atoms. The molecule has 106 valence electrons. The molecule has 1 fully saturated rings. The number of hydrogen-bond acceptors (Lipinski definition) is 3. The summed E-state index contributed by atoms with van der Waals surface area (Å²) in [4.78, 5) is 2.23. The summed E-state index contributed by atoms with van der Waals surface area (Å²) in [5.74, 6) is 0. The van der Waals surface area contributed by atoms with Crippen molar-refractivity contribution < 1.29 is 0 Å². The molecule has 1 aliphatic heterocycles. The van der Waals surface area contributed by atoms with Crippen LogP contribution in [0.15, 0.2) is 30.3 Å². The predicted molar refractivity (Wildman–Crippen MR) is 81.6 cm³/mol. The van der Waals surface area contributed by atoms with Crippen LogP contribution in [0.3, 0.4) is 0 Å². The maximum atomic E-state index is 3.66. The summed E-state index contributed by atoms with van der Waals surface area (Å²) in [6.45, 7) is 5.51. The molecule has 2 N–H and O–H groups in total. The molecule has 0 unspecified atom stereocenters. The average Bonchev–Trinajstić information content (AvgIpc) is 2.45. The summed E-state index contributed by atoms with van der Waals surface area (Å²) in [6.07, 6.45) is 2.46. The van der Waals surface area contributed by atoms with Gasteiger partial charge in [-0.25, -0.2) is 0 Å². The monoisotopic (exact) mass is 261 g/mol. The lowest BCUT2D eigenvalue weighted by molar-refractivity contribution is 0.287. The number of rotatable bonds is 6. The van der Waals surface area contributed by atoms with Gasteiger partial charge in [0.25, 0.3) is 0 Å². The molecule has 19 heavy (non-hydrogen) atoms. The third kappa shape index (κ3) is 4.03. The van der Waals surface area contributed by atoms with Crippen LogP contribution in [-0.4, -0.2) is 51.7 Å². The Morgan fingerprint density at radius 2 is 1.84 bits per heavy atom. The largest absolute Gasteiger partial charge is 0.317 e. The molecule has 1 aromatic rings. The zero-order chi connectivity index (χ0) is 13.6. The number of hydrogen-bond donors (Lipinski definition) is 2. The minimum absolute atomic E-state index is 0.318. The van der Waals surface area contributed by atoms with Crippen molar-refractivity contribution in [2.75, 3.05) is 46.8 Å². The van der Waals surface area contributed by atoms with Gasteiger partial charge < -0.3 is 15.5 Å². The molecular weight excluding hydrogens is 234 g/mol. The Labute approximate surface area is 117 Å². The van der Waals surface area contributed by atoms with Crippen molar-refractivity contribution in [3.63, 3.8) is 0 Å². The summed E-state index contributed by atoms with van der Waals surface area (Å²) in [7, 11) is 4.25. The van der Waals surface area contributed by atoms with Crippen LogP contribution in [0, 0.1) is 0 Å². The fraction of sp³-hybridized carbons (Fsp3) is 0.625. The lowest BCUT2D eigenvalue weighted by Crippen LogP contribution is -2.47. The van der Waals surface area contributed by atoms with Crippen LogP contribution in [0.4, 0.5) is 0 Å². The molecule has 1 heterocycles. The first kappa shape index (κ1) is 14.5. The van der Waals surface area contributed by atoms with Crippen molar-refractivity contribution >= 4 is 0 Å². The number of nitrogens with one attached hydrogen (secondary N) is 2. The predicted octanol–water partition coefficient (Wildman–Crippen LogP) is 1.46. The van der Waals surface area contributed by atoms with Crippen LogP contribution < -0.4 is 10.6 Å². The normalized spacial score (nSPS) is 18.7. The van der Waals surface area contributed by atoms with E-state index in [9.17, 15) is 0 Å². The first-order chi connectivity index (χ1) is 9.23. The van der Waals surface area contributed by atoms with E-state index in [2.05, 4.69) is 60.0 Å². The van der Waals surface area contributed by atoms with Crippen molar-refractivity contribution in [3.05, 3.63) is 35.9 Å². The van der Waals surface area contributed by atoms with Crippen LogP contribution in [0.1, 0.15) is 18.4 Å². The van der Waals surface area contributed by atoms with Crippen LogP contribution in [-0.2, 0) is 5.41 Å². The number of piperidine rings is 1. The zero-order valence-corrected chi connectivity index (χ0v) is 12.3. The van der Waals surface area contributed by atoms with Crippen LogP contribution in [0.25, 0.3) is 0 Å². The van der Waals surface area contributed by atoms with Crippen molar-refractivity contribution in [1.82, 2.24) is 15.5 Å². The summed E-state index contributed by atoms with van der Waals surface area (Å²) >= 11 is 0. The smallest absolute Gasteiger partial charge is 0.0102 e. The van der Waals surface area contributed by atoms with Gasteiger partial charge in [0.15, 0.2) is 0 Å². The van der Waals surface area contributed by atoms with Crippen molar-refractivity contribution in [3.8, 4) is 0 Å². The second kappa shape index (κ2) is 7.04. The van der Waals surface area contributed by atoms with Crippen molar-refractivity contribution in [2.24, 2.45) is 0 Å². The molecule has 0 radical (unpaired) electrons. The topological polar surface area (TPSA) is 27.3 Å². The van der Waals surface area contributed by atoms with Crippen LogP contribution >= 0.6 is 0 Å². The Balaban J connectivity index is 1.99. The quantitative estimate of drug-likeness (QED) is 0.759. The van der Waals surface area contributed by atoms with Crippen LogP contribution in [0.2, 0.25) is 0 Å². The first-order valence-corrected chi connectivity index (χ1v) is 7.35. The Kier molecular flexibility index (Phi) is 5.37. The van der Waals surface area contributed by atoms with Crippen molar-refractivity contribution in [2.45, 2.75) is 18.3 Å². The number of benzene rings is 1. The maximum absolute atomic E-state index is 3.66. The SMILES string of the molecule is CN(C)CCNCC1(c2ccccc2)CCNCC1. The molecular formula is C16H27N3. The summed E-state index contributed by atoms with van der Waals surface area (Å²) in [6, 6.07) is 11.0. The minimum Gasteiger partial charge on any atom is -0.317 e. The highest BCUT2D eigenvalue weighted by molar-refractivity contribution is 5.27. The van der Waals surface area contributed by atoms with Crippen LogP contribution in [0.5, 0.6) is 0 Å². The third-order valence-corrected chi connectivity index (χ3v) is 4.15. The molecule has 0 bridgehead atoms. The van der Waals surface area contributed by atoms with Gasteiger partial charge in [0.05, 0.1) is 0 Å². The van der Waals surface area contributed by atoms with E-state index in [4.69, 9.17) is 0 Å². The van der Waals surface area contributed by atoms with E-state index in [1.165, 1.54) is 18.4 Å². The molecule has 0 aromatic heterocycles. The fourth-order valence-corrected chi connectivity index (χ4v) is 2.89. The Morgan fingerprint density at radius 1 is 1.16 bits per heavy atom. The Hall–Kier alpha value is -0.900. The standard InChI is InChI=1S/C16H27N3/c1-19(2)13-12-18-14-16(8-10-17-11-9-16)15-6-4-3-5-7-15/h3-7,17-18H,8-14H2,1-2H3. The molecule has 3 heteroatoms. The van der Waals surface area contributed by atoms with Gasteiger partial charge in [0.2, 0.25) is 0 Å². The van der Waals surface area contributed by atoms with Gasteiger partial charge in [-0.15, -0.1) is 0 Å². The zero-order valence-electron chi connectivity index (χ0n) is 12.3. The van der Waals surface area contributed by atoms with Gasteiger partial charge in [-0.05, 0) is 45.6 Å². The molecule has 1 aromatic carbocycles. The highest BCUT2D eigenvalue weighted by Crippen LogP contribution is 2.32. The van der Waals surface area contributed by atoms with E-state index in [0.29, 0.717) is 5.41 Å². The van der Waals surface area contributed by atoms with Gasteiger partial charge in [0.1, 0.15) is 0 Å². The number of nitrogens with zero attached hydrogens (tertiary/aromatic N) is 1. The third-order valence-electron chi connectivity index (χ3n) is 4.15. The molecule has 1 aliphatic rings. The molecule has 1 saturated heterocycles. The lowest BCUT2D eigenvalue weighted by atomic mass is 9.73. The van der Waals surface area contributed by atoms with E-state index in [1.54, 1.807) is 0 Å². The Bertz CT molecular complexity index is 356. The van der Waals surface area contributed by atoms with Gasteiger partial charge in [-0.3, -0.25) is 0 Å². The Morgan fingerprint density at radius 3 is 2.47 bits per heavy atom. The van der Waals surface area contributed by atoms with Crippen molar-refractivity contribution in [1.29, 1.82) is 0 Å². The fourth-order valence-electron chi connectivity index (χ4n) is 2.89. The van der Waals surface area contributed by atoms with Gasteiger partial charge >= 0.3 is 0 Å². The number of likely N-dealkylation sites (N-methyl/N-ethyl adjacent to an activating group) is 1. The molecule has 0 saturated carbocycles. The first-order valence-electron chi connectivity index (χ1n) is 7.35. The van der Waals surface area contributed by atoms with Gasteiger partial charge in [-0.2, -0.15) is 0 Å². The van der Waals surface area contributed by atoms with Gasteiger partial charge in [0, 0.05) is 25.0 Å². The molecule has 0 aliphatic carbocycles. The van der Waals surface area contributed by atoms with E-state index < -0.39 is 0 Å². The minimum atomic E-state index is 0.318. The second-order valence-corrected chi connectivity index (χ2v) is 5.88. The van der Waals surface area contributed by atoms with E-state index in [-0.39, 0.29) is 0 Å². The second-order valence-electron chi connectivity index (χ2n) is 5.88. The highest BCUT2D eigenvalue weighted by Gasteiger charge is 2.33. The lowest BCUT2D eigenvalue weighted by Gasteiger charge is -2.38. The van der Waals surface area contributed by atoms with Gasteiger partial charge in [-0.1, -0.05) is 30.3 Å². The van der Waals surface area contributed by atoms with E-state index in [0.717, 1.165) is 32.7 Å². The molecule has 0 atom stereocenters. The maximum Gasteiger partial charge on any atom is 0.0102 e.